The average Bonchev–Trinajstić information content (AvgIpc) is 2.59. The Kier molecular flexibility index (Phi) is 7.81. The quantitative estimate of drug-likeness (QED) is 0.352. The number of morpholine rings is 1. The summed E-state index contributed by atoms with van der Waals surface area (Å²) in [4.78, 5) is 2.42. The molecule has 0 aliphatic carbocycles. The molecule has 1 aromatic rings. The third-order valence-electron chi connectivity index (χ3n) is 4.20. The molecule has 2 rings (SSSR count). The summed E-state index contributed by atoms with van der Waals surface area (Å²) in [7, 11) is 0. The van der Waals surface area contributed by atoms with E-state index < -0.39 is 0 Å². The van der Waals surface area contributed by atoms with E-state index in [1.165, 1.54) is 5.56 Å². The lowest BCUT2D eigenvalue weighted by atomic mass is 9.87. The molecular formula is C19H30N4OS. The predicted molar refractivity (Wildman–Crippen MR) is 108 cm³/mol. The van der Waals surface area contributed by atoms with Gasteiger partial charge < -0.3 is 10.1 Å². The van der Waals surface area contributed by atoms with Gasteiger partial charge in [-0.25, -0.2) is 0 Å². The summed E-state index contributed by atoms with van der Waals surface area (Å²) in [5, 5.41) is 7.94. The Morgan fingerprint density at radius 2 is 1.92 bits per heavy atom. The van der Waals surface area contributed by atoms with Gasteiger partial charge in [-0.05, 0) is 41.7 Å². The molecule has 0 radical (unpaired) electrons. The predicted octanol–water partition coefficient (Wildman–Crippen LogP) is 2.50. The van der Waals surface area contributed by atoms with Gasteiger partial charge in [0.1, 0.15) is 0 Å². The second kappa shape index (κ2) is 9.85. The van der Waals surface area contributed by atoms with E-state index >= 15 is 0 Å². The van der Waals surface area contributed by atoms with E-state index in [4.69, 9.17) is 17.0 Å². The minimum atomic E-state index is 0.167. The van der Waals surface area contributed by atoms with Gasteiger partial charge in [0.05, 0.1) is 19.4 Å². The molecule has 25 heavy (non-hydrogen) atoms. The summed E-state index contributed by atoms with van der Waals surface area (Å²) >= 11 is 5.24. The standard InChI is InChI=1S/C19H30N4OS/c1-19(2,3)17-7-5-16(6-8-17)15-21-22-18(25)20-9-4-10-23-11-13-24-14-12-23/h5-8,15H,4,9-14H2,1-3H3,(H2,20,22,25)/b21-15-. The van der Waals surface area contributed by atoms with Gasteiger partial charge >= 0.3 is 0 Å². The van der Waals surface area contributed by atoms with Gasteiger partial charge in [-0.3, -0.25) is 10.3 Å². The molecule has 0 amide bonds. The monoisotopic (exact) mass is 362 g/mol. The van der Waals surface area contributed by atoms with E-state index in [0.717, 1.165) is 51.4 Å². The van der Waals surface area contributed by atoms with Crippen LogP contribution < -0.4 is 10.7 Å². The van der Waals surface area contributed by atoms with Crippen molar-refractivity contribution in [3.63, 3.8) is 0 Å². The maximum Gasteiger partial charge on any atom is 0.186 e. The fraction of sp³-hybridized carbons (Fsp3) is 0.579. The first-order chi connectivity index (χ1) is 11.9. The van der Waals surface area contributed by atoms with E-state index in [9.17, 15) is 0 Å². The first-order valence-electron chi connectivity index (χ1n) is 8.93. The minimum absolute atomic E-state index is 0.167. The summed E-state index contributed by atoms with van der Waals surface area (Å²) in [6, 6.07) is 8.43. The number of hydrogen-bond acceptors (Lipinski definition) is 4. The van der Waals surface area contributed by atoms with Crippen molar-refractivity contribution in [1.82, 2.24) is 15.6 Å². The Morgan fingerprint density at radius 3 is 2.56 bits per heavy atom. The van der Waals surface area contributed by atoms with Crippen LogP contribution in [0.5, 0.6) is 0 Å². The second-order valence-corrected chi connectivity index (χ2v) is 7.71. The number of ether oxygens (including phenoxy) is 1. The zero-order chi connectivity index (χ0) is 18.1. The van der Waals surface area contributed by atoms with Crippen LogP contribution in [0.2, 0.25) is 0 Å². The third-order valence-corrected chi connectivity index (χ3v) is 4.43. The van der Waals surface area contributed by atoms with Crippen molar-refractivity contribution in [3.05, 3.63) is 35.4 Å². The van der Waals surface area contributed by atoms with E-state index in [-0.39, 0.29) is 5.41 Å². The molecule has 0 saturated carbocycles. The maximum absolute atomic E-state index is 5.34. The Morgan fingerprint density at radius 1 is 1.24 bits per heavy atom. The van der Waals surface area contributed by atoms with Crippen molar-refractivity contribution in [3.8, 4) is 0 Å². The largest absolute Gasteiger partial charge is 0.379 e. The normalized spacial score (nSPS) is 16.1. The van der Waals surface area contributed by atoms with Crippen LogP contribution in [0.4, 0.5) is 0 Å². The minimum Gasteiger partial charge on any atom is -0.379 e. The molecule has 0 unspecified atom stereocenters. The number of thiocarbonyl (C=S) groups is 1. The molecule has 6 heteroatoms. The molecule has 5 nitrogen and oxygen atoms in total. The van der Waals surface area contributed by atoms with E-state index in [1.54, 1.807) is 6.21 Å². The number of benzene rings is 1. The van der Waals surface area contributed by atoms with Crippen LogP contribution in [0.15, 0.2) is 29.4 Å². The van der Waals surface area contributed by atoms with Gasteiger partial charge in [0, 0.05) is 19.6 Å². The van der Waals surface area contributed by atoms with Crippen molar-refractivity contribution in [1.29, 1.82) is 0 Å². The highest BCUT2D eigenvalue weighted by Gasteiger charge is 2.12. The molecule has 1 aliphatic rings. The summed E-state index contributed by atoms with van der Waals surface area (Å²) in [5.41, 5.74) is 5.40. The SMILES string of the molecule is CC(C)(C)c1ccc(/C=N\NC(=S)NCCCN2CCOCC2)cc1. The number of rotatable bonds is 6. The van der Waals surface area contributed by atoms with Crippen molar-refractivity contribution >= 4 is 23.5 Å². The zero-order valence-electron chi connectivity index (χ0n) is 15.5. The topological polar surface area (TPSA) is 48.9 Å². The molecule has 1 fully saturated rings. The van der Waals surface area contributed by atoms with Crippen LogP contribution in [-0.2, 0) is 10.2 Å². The summed E-state index contributed by atoms with van der Waals surface area (Å²) < 4.78 is 5.34. The van der Waals surface area contributed by atoms with Crippen LogP contribution in [0.25, 0.3) is 0 Å². The molecule has 0 spiro atoms. The summed E-state index contributed by atoms with van der Waals surface area (Å²) in [5.74, 6) is 0. The fourth-order valence-corrected chi connectivity index (χ4v) is 2.76. The molecular weight excluding hydrogens is 332 g/mol. The summed E-state index contributed by atoms with van der Waals surface area (Å²) in [6.45, 7) is 12.3. The second-order valence-electron chi connectivity index (χ2n) is 7.31. The first-order valence-corrected chi connectivity index (χ1v) is 9.33. The van der Waals surface area contributed by atoms with Gasteiger partial charge in [0.15, 0.2) is 5.11 Å². The lowest BCUT2D eigenvalue weighted by molar-refractivity contribution is 0.0376. The van der Waals surface area contributed by atoms with Crippen molar-refractivity contribution in [2.24, 2.45) is 5.10 Å². The zero-order valence-corrected chi connectivity index (χ0v) is 16.4. The van der Waals surface area contributed by atoms with Crippen LogP contribution in [0, 0.1) is 0 Å². The highest BCUT2D eigenvalue weighted by atomic mass is 32.1. The summed E-state index contributed by atoms with van der Waals surface area (Å²) in [6.07, 6.45) is 2.84. The van der Waals surface area contributed by atoms with Gasteiger partial charge in [-0.2, -0.15) is 5.10 Å². The molecule has 0 bridgehead atoms. The van der Waals surface area contributed by atoms with Gasteiger partial charge in [0.2, 0.25) is 0 Å². The molecule has 0 atom stereocenters. The smallest absolute Gasteiger partial charge is 0.186 e. The molecule has 1 aliphatic heterocycles. The van der Waals surface area contributed by atoms with Crippen LogP contribution in [-0.4, -0.2) is 55.6 Å². The number of nitrogens with zero attached hydrogens (tertiary/aromatic N) is 2. The average molecular weight is 363 g/mol. The van der Waals surface area contributed by atoms with Gasteiger partial charge in [-0.1, -0.05) is 45.0 Å². The Labute approximate surface area is 156 Å². The number of hydrogen-bond donors (Lipinski definition) is 2. The highest BCUT2D eigenvalue weighted by molar-refractivity contribution is 7.80. The lowest BCUT2D eigenvalue weighted by Gasteiger charge is -2.26. The molecule has 1 aromatic carbocycles. The van der Waals surface area contributed by atoms with E-state index in [0.29, 0.717) is 5.11 Å². The molecule has 0 aromatic heterocycles. The van der Waals surface area contributed by atoms with Crippen LogP contribution in [0.1, 0.15) is 38.3 Å². The van der Waals surface area contributed by atoms with E-state index in [1.807, 2.05) is 0 Å². The highest BCUT2D eigenvalue weighted by Crippen LogP contribution is 2.21. The van der Waals surface area contributed by atoms with Crippen LogP contribution >= 0.6 is 12.2 Å². The first kappa shape index (κ1) is 19.8. The Balaban J connectivity index is 1.63. The van der Waals surface area contributed by atoms with Crippen molar-refractivity contribution in [2.45, 2.75) is 32.6 Å². The van der Waals surface area contributed by atoms with Crippen molar-refractivity contribution < 1.29 is 4.74 Å². The van der Waals surface area contributed by atoms with Gasteiger partial charge in [0.25, 0.3) is 0 Å². The Bertz CT molecular complexity index is 560. The molecule has 1 saturated heterocycles. The molecule has 1 heterocycles. The fourth-order valence-electron chi connectivity index (χ4n) is 2.60. The number of hydrazone groups is 1. The third kappa shape index (κ3) is 7.50. The Hall–Kier alpha value is -1.50. The number of nitrogens with one attached hydrogen (secondary N) is 2. The molecule has 2 N–H and O–H groups in total. The van der Waals surface area contributed by atoms with Crippen LogP contribution in [0.3, 0.4) is 0 Å². The van der Waals surface area contributed by atoms with Gasteiger partial charge in [-0.15, -0.1) is 0 Å². The van der Waals surface area contributed by atoms with Crippen molar-refractivity contribution in [2.75, 3.05) is 39.4 Å². The molecule has 138 valence electrons. The van der Waals surface area contributed by atoms with E-state index in [2.05, 4.69) is 65.8 Å². The lowest BCUT2D eigenvalue weighted by Crippen LogP contribution is -2.39. The maximum atomic E-state index is 5.34.